The second-order valence-electron chi connectivity index (χ2n) is 4.29. The first-order chi connectivity index (χ1) is 9.13. The normalized spacial score (nSPS) is 10.2. The summed E-state index contributed by atoms with van der Waals surface area (Å²) in [4.78, 5) is 22.1. The van der Waals surface area contributed by atoms with Crippen LogP contribution in [0.1, 0.15) is 24.5 Å². The number of amides is 1. The molecule has 0 heterocycles. The Bertz CT molecular complexity index is 432. The highest BCUT2D eigenvalue weighted by atomic mass is 16.4. The maximum Gasteiger partial charge on any atom is 0.307 e. The molecule has 0 bridgehead atoms. The molecule has 0 aliphatic rings. The van der Waals surface area contributed by atoms with Crippen molar-refractivity contribution in [2.24, 2.45) is 0 Å². The molecule has 0 saturated carbocycles. The minimum atomic E-state index is -0.854. The molecule has 19 heavy (non-hydrogen) atoms. The number of hydrogen-bond donors (Lipinski definition) is 3. The second kappa shape index (κ2) is 8.26. The van der Waals surface area contributed by atoms with E-state index in [9.17, 15) is 9.59 Å². The maximum atomic E-state index is 11.4. The number of carboxylic acid groups (broad SMARTS) is 1. The maximum absolute atomic E-state index is 11.4. The SMILES string of the molecule is CCCNC(=O)CNCc1ccccc1CC(=O)O. The van der Waals surface area contributed by atoms with Gasteiger partial charge in [0.1, 0.15) is 0 Å². The quantitative estimate of drug-likeness (QED) is 0.652. The van der Waals surface area contributed by atoms with E-state index in [-0.39, 0.29) is 18.9 Å². The number of benzene rings is 1. The van der Waals surface area contributed by atoms with Gasteiger partial charge < -0.3 is 15.7 Å². The van der Waals surface area contributed by atoms with Gasteiger partial charge >= 0.3 is 5.97 Å². The van der Waals surface area contributed by atoms with Gasteiger partial charge in [-0.2, -0.15) is 0 Å². The highest BCUT2D eigenvalue weighted by Gasteiger charge is 2.06. The van der Waals surface area contributed by atoms with Gasteiger partial charge in [0.05, 0.1) is 13.0 Å². The molecule has 0 aromatic heterocycles. The lowest BCUT2D eigenvalue weighted by atomic mass is 10.0. The van der Waals surface area contributed by atoms with E-state index in [2.05, 4.69) is 10.6 Å². The molecular formula is C14H20N2O3. The van der Waals surface area contributed by atoms with Crippen LogP contribution in [0.5, 0.6) is 0 Å². The van der Waals surface area contributed by atoms with E-state index in [1.54, 1.807) is 6.07 Å². The summed E-state index contributed by atoms with van der Waals surface area (Å²) in [5.41, 5.74) is 1.68. The average Bonchev–Trinajstić information content (AvgIpc) is 2.38. The summed E-state index contributed by atoms with van der Waals surface area (Å²) in [6.45, 7) is 3.40. The van der Waals surface area contributed by atoms with Gasteiger partial charge in [-0.1, -0.05) is 31.2 Å². The number of aliphatic carboxylic acids is 1. The van der Waals surface area contributed by atoms with E-state index in [0.717, 1.165) is 17.5 Å². The largest absolute Gasteiger partial charge is 0.481 e. The molecule has 1 aromatic rings. The molecule has 1 amide bonds. The van der Waals surface area contributed by atoms with Crippen molar-refractivity contribution in [3.63, 3.8) is 0 Å². The molecule has 0 unspecified atom stereocenters. The molecule has 5 heteroatoms. The van der Waals surface area contributed by atoms with E-state index in [4.69, 9.17) is 5.11 Å². The number of carbonyl (C=O) groups is 2. The molecule has 0 aliphatic heterocycles. The highest BCUT2D eigenvalue weighted by Crippen LogP contribution is 2.09. The minimum absolute atomic E-state index is 0.000115. The van der Waals surface area contributed by atoms with Gasteiger partial charge in [0, 0.05) is 13.1 Å². The van der Waals surface area contributed by atoms with Crippen LogP contribution in [0.4, 0.5) is 0 Å². The van der Waals surface area contributed by atoms with Crippen molar-refractivity contribution >= 4 is 11.9 Å². The first-order valence-corrected chi connectivity index (χ1v) is 6.39. The Labute approximate surface area is 113 Å². The Morgan fingerprint density at radius 1 is 1.21 bits per heavy atom. The van der Waals surface area contributed by atoms with Crippen molar-refractivity contribution < 1.29 is 14.7 Å². The van der Waals surface area contributed by atoms with E-state index >= 15 is 0 Å². The summed E-state index contributed by atoms with van der Waals surface area (Å²) in [6.07, 6.45) is 0.910. The van der Waals surface area contributed by atoms with Crippen molar-refractivity contribution in [1.29, 1.82) is 0 Å². The molecule has 3 N–H and O–H groups in total. The Kier molecular flexibility index (Phi) is 6.60. The second-order valence-corrected chi connectivity index (χ2v) is 4.29. The lowest BCUT2D eigenvalue weighted by Gasteiger charge is -2.09. The highest BCUT2D eigenvalue weighted by molar-refractivity contribution is 5.77. The number of carboxylic acids is 1. The van der Waals surface area contributed by atoms with E-state index < -0.39 is 5.97 Å². The molecule has 0 radical (unpaired) electrons. The van der Waals surface area contributed by atoms with Crippen molar-refractivity contribution in [3.05, 3.63) is 35.4 Å². The summed E-state index contributed by atoms with van der Waals surface area (Å²) in [6, 6.07) is 7.34. The Balaban J connectivity index is 2.44. The topological polar surface area (TPSA) is 78.4 Å². The van der Waals surface area contributed by atoms with Gasteiger partial charge in [-0.15, -0.1) is 0 Å². The standard InChI is InChI=1S/C14H20N2O3/c1-2-7-16-13(17)10-15-9-12-6-4-3-5-11(12)8-14(18)19/h3-6,15H,2,7-10H2,1H3,(H,16,17)(H,18,19). The number of nitrogens with one attached hydrogen (secondary N) is 2. The molecule has 1 rings (SSSR count). The van der Waals surface area contributed by atoms with E-state index in [1.165, 1.54) is 0 Å². The number of rotatable bonds is 8. The van der Waals surface area contributed by atoms with Crippen molar-refractivity contribution in [1.82, 2.24) is 10.6 Å². The Hall–Kier alpha value is -1.88. The molecule has 104 valence electrons. The van der Waals surface area contributed by atoms with Gasteiger partial charge in [-0.3, -0.25) is 9.59 Å². The fraction of sp³-hybridized carbons (Fsp3) is 0.429. The zero-order valence-electron chi connectivity index (χ0n) is 11.1. The molecule has 0 aliphatic carbocycles. The van der Waals surface area contributed by atoms with Gasteiger partial charge in [-0.05, 0) is 17.5 Å². The third-order valence-corrected chi connectivity index (χ3v) is 2.63. The number of hydrogen-bond acceptors (Lipinski definition) is 3. The predicted octanol–water partition coefficient (Wildman–Crippen LogP) is 0.929. The lowest BCUT2D eigenvalue weighted by molar-refractivity contribution is -0.136. The van der Waals surface area contributed by atoms with Gasteiger partial charge in [0.15, 0.2) is 0 Å². The third-order valence-electron chi connectivity index (χ3n) is 2.63. The van der Waals surface area contributed by atoms with Crippen LogP contribution in [-0.4, -0.2) is 30.1 Å². The van der Waals surface area contributed by atoms with Crippen molar-refractivity contribution in [2.75, 3.05) is 13.1 Å². The number of carbonyl (C=O) groups excluding carboxylic acids is 1. The molecule has 0 fully saturated rings. The summed E-state index contributed by atoms with van der Waals surface area (Å²) in [5.74, 6) is -0.897. The summed E-state index contributed by atoms with van der Waals surface area (Å²) in [7, 11) is 0. The summed E-state index contributed by atoms with van der Waals surface area (Å²) >= 11 is 0. The molecule has 5 nitrogen and oxygen atoms in total. The van der Waals surface area contributed by atoms with Crippen LogP contribution >= 0.6 is 0 Å². The van der Waals surface area contributed by atoms with Crippen LogP contribution in [0.25, 0.3) is 0 Å². The summed E-state index contributed by atoms with van der Waals surface area (Å²) in [5, 5.41) is 14.6. The molecule has 0 atom stereocenters. The van der Waals surface area contributed by atoms with E-state index in [0.29, 0.717) is 13.1 Å². The molecule has 1 aromatic carbocycles. The van der Waals surface area contributed by atoms with Crippen LogP contribution in [0.2, 0.25) is 0 Å². The predicted molar refractivity (Wildman–Crippen MR) is 72.8 cm³/mol. The molecular weight excluding hydrogens is 244 g/mol. The fourth-order valence-corrected chi connectivity index (χ4v) is 1.70. The average molecular weight is 264 g/mol. The smallest absolute Gasteiger partial charge is 0.307 e. The van der Waals surface area contributed by atoms with Gasteiger partial charge in [0.25, 0.3) is 0 Å². The van der Waals surface area contributed by atoms with Crippen LogP contribution in [0.15, 0.2) is 24.3 Å². The van der Waals surface area contributed by atoms with E-state index in [1.807, 2.05) is 25.1 Å². The lowest BCUT2D eigenvalue weighted by Crippen LogP contribution is -2.34. The van der Waals surface area contributed by atoms with Crippen LogP contribution < -0.4 is 10.6 Å². The molecule has 0 saturated heterocycles. The van der Waals surface area contributed by atoms with Crippen LogP contribution in [0.3, 0.4) is 0 Å². The van der Waals surface area contributed by atoms with Crippen molar-refractivity contribution in [2.45, 2.75) is 26.3 Å². The van der Waals surface area contributed by atoms with Crippen molar-refractivity contribution in [3.8, 4) is 0 Å². The fourth-order valence-electron chi connectivity index (χ4n) is 1.70. The Morgan fingerprint density at radius 3 is 2.53 bits per heavy atom. The zero-order valence-corrected chi connectivity index (χ0v) is 11.1. The third kappa shape index (κ3) is 6.01. The first kappa shape index (κ1) is 15.2. The van der Waals surface area contributed by atoms with Crippen LogP contribution in [0, 0.1) is 0 Å². The zero-order chi connectivity index (χ0) is 14.1. The molecule has 0 spiro atoms. The van der Waals surface area contributed by atoms with Crippen LogP contribution in [-0.2, 0) is 22.6 Å². The summed E-state index contributed by atoms with van der Waals surface area (Å²) < 4.78 is 0. The van der Waals surface area contributed by atoms with Gasteiger partial charge in [0.2, 0.25) is 5.91 Å². The van der Waals surface area contributed by atoms with Gasteiger partial charge in [-0.25, -0.2) is 0 Å². The monoisotopic (exact) mass is 264 g/mol. The first-order valence-electron chi connectivity index (χ1n) is 6.39. The Morgan fingerprint density at radius 2 is 1.89 bits per heavy atom. The minimum Gasteiger partial charge on any atom is -0.481 e.